The third-order valence-corrected chi connectivity index (χ3v) is 4.91. The summed E-state index contributed by atoms with van der Waals surface area (Å²) in [7, 11) is 0. The van der Waals surface area contributed by atoms with Gasteiger partial charge in [-0.1, -0.05) is 35.5 Å². The highest BCUT2D eigenvalue weighted by Gasteiger charge is 2.23. The molecule has 0 aliphatic heterocycles. The summed E-state index contributed by atoms with van der Waals surface area (Å²) in [5.74, 6) is 0.702. The number of hydrogen-bond donors (Lipinski definition) is 2. The van der Waals surface area contributed by atoms with E-state index in [1.54, 1.807) is 13.0 Å². The van der Waals surface area contributed by atoms with E-state index in [9.17, 15) is 9.59 Å². The molecule has 2 amide bonds. The minimum Gasteiger partial charge on any atom is -0.360 e. The lowest BCUT2D eigenvalue weighted by atomic mass is 10.1. The molecule has 0 bridgehead atoms. The number of rotatable bonds is 6. The average molecular weight is 381 g/mol. The van der Waals surface area contributed by atoms with E-state index in [2.05, 4.69) is 15.8 Å². The fourth-order valence-electron chi connectivity index (χ4n) is 2.47. The van der Waals surface area contributed by atoms with E-state index < -0.39 is 5.25 Å². The maximum absolute atomic E-state index is 12.9. The van der Waals surface area contributed by atoms with Gasteiger partial charge in [0.15, 0.2) is 5.82 Å². The van der Waals surface area contributed by atoms with Crippen LogP contribution in [0, 0.1) is 6.92 Å². The second-order valence-corrected chi connectivity index (χ2v) is 7.10. The largest absolute Gasteiger partial charge is 0.360 e. The summed E-state index contributed by atoms with van der Waals surface area (Å²) in [6.07, 6.45) is 0. The third-order valence-electron chi connectivity index (χ3n) is 3.65. The van der Waals surface area contributed by atoms with Gasteiger partial charge >= 0.3 is 0 Å². The van der Waals surface area contributed by atoms with Gasteiger partial charge in [-0.15, -0.1) is 11.8 Å². The van der Waals surface area contributed by atoms with Crippen LogP contribution in [0.5, 0.6) is 0 Å². The van der Waals surface area contributed by atoms with Crippen molar-refractivity contribution in [2.75, 3.05) is 10.6 Å². The van der Waals surface area contributed by atoms with Crippen molar-refractivity contribution in [2.45, 2.75) is 24.0 Å². The van der Waals surface area contributed by atoms with Gasteiger partial charge in [0.1, 0.15) is 11.0 Å². The smallest absolute Gasteiger partial charge is 0.243 e. The van der Waals surface area contributed by atoms with Crippen molar-refractivity contribution in [1.82, 2.24) is 5.16 Å². The molecule has 0 radical (unpaired) electrons. The molecule has 3 rings (SSSR count). The molecule has 0 aliphatic carbocycles. The number of carbonyl (C=O) groups is 2. The van der Waals surface area contributed by atoms with Crippen molar-refractivity contribution in [1.29, 1.82) is 0 Å². The maximum atomic E-state index is 12.9. The lowest BCUT2D eigenvalue weighted by Gasteiger charge is -2.16. The lowest BCUT2D eigenvalue weighted by molar-refractivity contribution is -0.116. The Labute approximate surface area is 161 Å². The van der Waals surface area contributed by atoms with Gasteiger partial charge in [-0.05, 0) is 36.8 Å². The molecule has 0 saturated carbocycles. The van der Waals surface area contributed by atoms with Gasteiger partial charge in [-0.2, -0.15) is 0 Å². The second kappa shape index (κ2) is 8.55. The predicted molar refractivity (Wildman–Crippen MR) is 106 cm³/mol. The van der Waals surface area contributed by atoms with Crippen LogP contribution >= 0.6 is 11.8 Å². The molecule has 0 fully saturated rings. The summed E-state index contributed by atoms with van der Waals surface area (Å²) in [6.45, 7) is 3.23. The van der Waals surface area contributed by atoms with Crippen LogP contribution in [0.25, 0.3) is 0 Å². The summed E-state index contributed by atoms with van der Waals surface area (Å²) in [6, 6.07) is 18.6. The molecule has 6 nitrogen and oxygen atoms in total. The Morgan fingerprint density at radius 2 is 1.74 bits per heavy atom. The molecular weight excluding hydrogens is 362 g/mol. The topological polar surface area (TPSA) is 84.2 Å². The van der Waals surface area contributed by atoms with Crippen LogP contribution in [0.3, 0.4) is 0 Å². The summed E-state index contributed by atoms with van der Waals surface area (Å²) in [5, 5.41) is 8.88. The van der Waals surface area contributed by atoms with E-state index in [4.69, 9.17) is 4.52 Å². The Hall–Kier alpha value is -3.06. The molecule has 27 heavy (non-hydrogen) atoms. The average Bonchev–Trinajstić information content (AvgIpc) is 3.06. The molecule has 0 aliphatic rings. The van der Waals surface area contributed by atoms with E-state index in [1.165, 1.54) is 18.7 Å². The Balaban J connectivity index is 1.80. The van der Waals surface area contributed by atoms with Crippen molar-refractivity contribution >= 4 is 35.1 Å². The van der Waals surface area contributed by atoms with Crippen LogP contribution in [0.4, 0.5) is 11.5 Å². The first-order valence-electron chi connectivity index (χ1n) is 8.35. The molecule has 1 atom stereocenters. The fraction of sp³-hybridized carbons (Fsp3) is 0.150. The molecule has 0 saturated heterocycles. The number of benzene rings is 2. The number of amides is 2. The van der Waals surface area contributed by atoms with Gasteiger partial charge in [0.25, 0.3) is 0 Å². The Bertz CT molecular complexity index is 923. The van der Waals surface area contributed by atoms with Crippen LogP contribution in [0.1, 0.15) is 23.5 Å². The Morgan fingerprint density at radius 1 is 1.04 bits per heavy atom. The maximum Gasteiger partial charge on any atom is 0.243 e. The van der Waals surface area contributed by atoms with Gasteiger partial charge in [0.2, 0.25) is 11.8 Å². The normalized spacial score (nSPS) is 11.6. The summed E-state index contributed by atoms with van der Waals surface area (Å²) < 4.78 is 5.01. The molecule has 138 valence electrons. The van der Waals surface area contributed by atoms with Gasteiger partial charge in [0, 0.05) is 23.6 Å². The monoisotopic (exact) mass is 381 g/mol. The Morgan fingerprint density at radius 3 is 2.33 bits per heavy atom. The molecule has 2 N–H and O–H groups in total. The van der Waals surface area contributed by atoms with Crippen LogP contribution < -0.4 is 10.6 Å². The quantitative estimate of drug-likeness (QED) is 0.618. The number of aryl methyl sites for hydroxylation is 1. The van der Waals surface area contributed by atoms with E-state index in [1.807, 2.05) is 54.6 Å². The Kier molecular flexibility index (Phi) is 5.93. The van der Waals surface area contributed by atoms with E-state index in [0.717, 1.165) is 10.5 Å². The first-order chi connectivity index (χ1) is 13.0. The predicted octanol–water partition coefficient (Wildman–Crippen LogP) is 4.41. The SMILES string of the molecule is CC(=O)Nc1ccc(SC(C(=O)Nc2cc(C)on2)c2ccccc2)cc1. The first kappa shape index (κ1) is 18.7. The standard InChI is InChI=1S/C20H19N3O3S/c1-13-12-18(23-26-13)22-20(25)19(15-6-4-3-5-7-15)27-17-10-8-16(9-11-17)21-14(2)24/h3-12,19H,1-2H3,(H,21,24)(H,22,23,25). The number of anilines is 2. The summed E-state index contributed by atoms with van der Waals surface area (Å²) >= 11 is 1.42. The van der Waals surface area contributed by atoms with Crippen LogP contribution in [0.2, 0.25) is 0 Å². The van der Waals surface area contributed by atoms with Gasteiger partial charge in [-0.3, -0.25) is 9.59 Å². The number of hydrogen-bond acceptors (Lipinski definition) is 5. The molecule has 7 heteroatoms. The van der Waals surface area contributed by atoms with E-state index >= 15 is 0 Å². The van der Waals surface area contributed by atoms with Crippen LogP contribution in [-0.4, -0.2) is 17.0 Å². The van der Waals surface area contributed by atoms with Crippen molar-refractivity contribution in [3.8, 4) is 0 Å². The van der Waals surface area contributed by atoms with E-state index in [-0.39, 0.29) is 11.8 Å². The second-order valence-electron chi connectivity index (χ2n) is 5.93. The summed E-state index contributed by atoms with van der Waals surface area (Å²) in [4.78, 5) is 24.9. The van der Waals surface area contributed by atoms with Crippen LogP contribution in [-0.2, 0) is 9.59 Å². The van der Waals surface area contributed by atoms with Crippen molar-refractivity contribution in [3.05, 3.63) is 72.0 Å². The molecule has 2 aromatic carbocycles. The van der Waals surface area contributed by atoms with Crippen molar-refractivity contribution in [2.24, 2.45) is 0 Å². The van der Waals surface area contributed by atoms with Crippen LogP contribution in [0.15, 0.2) is 70.1 Å². The zero-order chi connectivity index (χ0) is 19.2. The fourth-order valence-corrected chi connectivity index (χ4v) is 3.50. The molecule has 3 aromatic rings. The lowest BCUT2D eigenvalue weighted by Crippen LogP contribution is -2.19. The zero-order valence-electron chi connectivity index (χ0n) is 14.9. The molecule has 1 unspecified atom stereocenters. The summed E-state index contributed by atoms with van der Waals surface area (Å²) in [5.41, 5.74) is 1.59. The van der Waals surface area contributed by atoms with Crippen molar-refractivity contribution < 1.29 is 14.1 Å². The van der Waals surface area contributed by atoms with E-state index in [0.29, 0.717) is 17.3 Å². The number of aromatic nitrogens is 1. The highest BCUT2D eigenvalue weighted by Crippen LogP contribution is 2.36. The number of nitrogens with one attached hydrogen (secondary N) is 2. The van der Waals surface area contributed by atoms with Gasteiger partial charge < -0.3 is 15.2 Å². The third kappa shape index (κ3) is 5.21. The molecule has 1 aromatic heterocycles. The number of carbonyl (C=O) groups excluding carboxylic acids is 2. The van der Waals surface area contributed by atoms with Gasteiger partial charge in [0.05, 0.1) is 0 Å². The highest BCUT2D eigenvalue weighted by atomic mass is 32.2. The molecule has 0 spiro atoms. The number of thioether (sulfide) groups is 1. The molecule has 1 heterocycles. The highest BCUT2D eigenvalue weighted by molar-refractivity contribution is 8.00. The molecular formula is C20H19N3O3S. The van der Waals surface area contributed by atoms with Gasteiger partial charge in [-0.25, -0.2) is 0 Å². The zero-order valence-corrected chi connectivity index (χ0v) is 15.7. The minimum absolute atomic E-state index is 0.125. The number of nitrogens with zero attached hydrogens (tertiary/aromatic N) is 1. The minimum atomic E-state index is -0.463. The first-order valence-corrected chi connectivity index (χ1v) is 9.22. The van der Waals surface area contributed by atoms with Crippen molar-refractivity contribution in [3.63, 3.8) is 0 Å².